The van der Waals surface area contributed by atoms with Crippen molar-refractivity contribution in [3.05, 3.63) is 27.9 Å². The van der Waals surface area contributed by atoms with Crippen molar-refractivity contribution in [3.63, 3.8) is 0 Å². The van der Waals surface area contributed by atoms with Crippen LogP contribution in [0.15, 0.2) is 22.1 Å². The number of rotatable bonds is 2. The van der Waals surface area contributed by atoms with E-state index in [1.54, 1.807) is 11.3 Å². The summed E-state index contributed by atoms with van der Waals surface area (Å²) in [7, 11) is 0. The first-order chi connectivity index (χ1) is 8.79. The van der Waals surface area contributed by atoms with Crippen molar-refractivity contribution in [3.8, 4) is 10.6 Å². The van der Waals surface area contributed by atoms with Gasteiger partial charge in [-0.3, -0.25) is 0 Å². The van der Waals surface area contributed by atoms with E-state index in [1.807, 2.05) is 6.20 Å². The molecule has 3 nitrogen and oxygen atoms in total. The molecule has 2 aliphatic heterocycles. The summed E-state index contributed by atoms with van der Waals surface area (Å²) in [6, 6.07) is 5.58. The molecule has 2 bridgehead atoms. The quantitative estimate of drug-likeness (QED) is 0.887. The van der Waals surface area contributed by atoms with Crippen molar-refractivity contribution in [2.45, 2.75) is 37.3 Å². The standard InChI is InChI=1S/C13H14BrN3S/c14-12-4-3-11(18-12)10-6-15-13(17-10)8-5-7-1-2-9(8)16-7/h3-4,6-9,16H,1-2,5H2,(H,15,17). The zero-order valence-electron chi connectivity index (χ0n) is 9.82. The van der Waals surface area contributed by atoms with E-state index in [9.17, 15) is 0 Å². The van der Waals surface area contributed by atoms with Gasteiger partial charge in [0.05, 0.1) is 20.6 Å². The highest BCUT2D eigenvalue weighted by atomic mass is 79.9. The van der Waals surface area contributed by atoms with E-state index in [-0.39, 0.29) is 0 Å². The normalized spacial score (nSPS) is 30.2. The zero-order valence-corrected chi connectivity index (χ0v) is 12.2. The third-order valence-electron chi connectivity index (χ3n) is 4.09. The lowest BCUT2D eigenvalue weighted by Gasteiger charge is -2.17. The molecule has 2 fully saturated rings. The Balaban J connectivity index is 1.62. The van der Waals surface area contributed by atoms with E-state index in [2.05, 4.69) is 43.3 Å². The Labute approximate surface area is 118 Å². The number of imidazole rings is 1. The largest absolute Gasteiger partial charge is 0.341 e. The smallest absolute Gasteiger partial charge is 0.111 e. The van der Waals surface area contributed by atoms with Gasteiger partial charge in [-0.05, 0) is 47.3 Å². The molecule has 0 spiro atoms. The van der Waals surface area contributed by atoms with Crippen LogP contribution in [0.1, 0.15) is 31.0 Å². The molecule has 4 heterocycles. The minimum atomic E-state index is 0.584. The van der Waals surface area contributed by atoms with Crippen LogP contribution in [-0.2, 0) is 0 Å². The van der Waals surface area contributed by atoms with Crippen LogP contribution in [0, 0.1) is 0 Å². The second-order valence-electron chi connectivity index (χ2n) is 5.18. The van der Waals surface area contributed by atoms with E-state index in [1.165, 1.54) is 24.1 Å². The predicted octanol–water partition coefficient (Wildman–Crippen LogP) is 3.51. The first-order valence-corrected chi connectivity index (χ1v) is 7.97. The number of aromatic nitrogens is 2. The lowest BCUT2D eigenvalue weighted by atomic mass is 9.89. The molecule has 0 radical (unpaired) electrons. The Morgan fingerprint density at radius 3 is 2.94 bits per heavy atom. The van der Waals surface area contributed by atoms with Crippen molar-refractivity contribution in [1.29, 1.82) is 0 Å². The number of thiophene rings is 1. The summed E-state index contributed by atoms with van der Waals surface area (Å²) < 4.78 is 1.16. The molecule has 0 saturated carbocycles. The van der Waals surface area contributed by atoms with Gasteiger partial charge in [0.2, 0.25) is 0 Å². The van der Waals surface area contributed by atoms with Crippen molar-refractivity contribution >= 4 is 27.3 Å². The van der Waals surface area contributed by atoms with E-state index >= 15 is 0 Å². The van der Waals surface area contributed by atoms with Gasteiger partial charge in [0.25, 0.3) is 0 Å². The third-order valence-corrected chi connectivity index (χ3v) is 5.74. The van der Waals surface area contributed by atoms with Gasteiger partial charge in [-0.1, -0.05) is 0 Å². The number of H-pyrrole nitrogens is 1. The van der Waals surface area contributed by atoms with E-state index in [0.29, 0.717) is 12.0 Å². The van der Waals surface area contributed by atoms with Gasteiger partial charge in [-0.15, -0.1) is 11.3 Å². The van der Waals surface area contributed by atoms with E-state index < -0.39 is 0 Å². The summed E-state index contributed by atoms with van der Waals surface area (Å²) >= 11 is 5.25. The number of hydrogen-bond acceptors (Lipinski definition) is 3. The molecule has 0 aliphatic carbocycles. The Morgan fingerprint density at radius 1 is 1.33 bits per heavy atom. The van der Waals surface area contributed by atoms with E-state index in [4.69, 9.17) is 0 Å². The Morgan fingerprint density at radius 2 is 2.28 bits per heavy atom. The summed E-state index contributed by atoms with van der Waals surface area (Å²) in [6.45, 7) is 0. The second kappa shape index (κ2) is 4.18. The molecule has 5 heteroatoms. The lowest BCUT2D eigenvalue weighted by Crippen LogP contribution is -2.22. The molecule has 2 aromatic rings. The molecule has 2 aliphatic rings. The summed E-state index contributed by atoms with van der Waals surface area (Å²) in [5, 5.41) is 3.66. The molecule has 0 aromatic carbocycles. The minimum Gasteiger partial charge on any atom is -0.341 e. The van der Waals surface area contributed by atoms with Crippen molar-refractivity contribution in [2.75, 3.05) is 0 Å². The van der Waals surface area contributed by atoms with Crippen LogP contribution in [0.3, 0.4) is 0 Å². The fraction of sp³-hybridized carbons (Fsp3) is 0.462. The number of halogens is 1. The van der Waals surface area contributed by atoms with Gasteiger partial charge in [0.15, 0.2) is 0 Å². The summed E-state index contributed by atoms with van der Waals surface area (Å²) in [5.74, 6) is 1.75. The number of nitrogens with one attached hydrogen (secondary N) is 2. The Kier molecular flexibility index (Phi) is 2.60. The maximum absolute atomic E-state index is 4.60. The molecule has 18 heavy (non-hydrogen) atoms. The highest BCUT2D eigenvalue weighted by Gasteiger charge is 2.41. The summed E-state index contributed by atoms with van der Waals surface area (Å²) in [4.78, 5) is 9.35. The van der Waals surface area contributed by atoms with Crippen LogP contribution in [-0.4, -0.2) is 22.1 Å². The first kappa shape index (κ1) is 11.2. The average Bonchev–Trinajstić information content (AvgIpc) is 3.12. The van der Waals surface area contributed by atoms with Gasteiger partial charge in [0.1, 0.15) is 5.82 Å². The first-order valence-electron chi connectivity index (χ1n) is 6.36. The Hall–Kier alpha value is -0.650. The molecule has 2 saturated heterocycles. The highest BCUT2D eigenvalue weighted by Crippen LogP contribution is 2.39. The van der Waals surface area contributed by atoms with Crippen LogP contribution in [0.5, 0.6) is 0 Å². The molecular formula is C13H14BrN3S. The molecule has 94 valence electrons. The lowest BCUT2D eigenvalue weighted by molar-refractivity contribution is 0.490. The number of nitrogens with zero attached hydrogens (tertiary/aromatic N) is 1. The van der Waals surface area contributed by atoms with Gasteiger partial charge in [-0.25, -0.2) is 4.98 Å². The van der Waals surface area contributed by atoms with Gasteiger partial charge >= 0.3 is 0 Å². The SMILES string of the molecule is Brc1ccc(-c2cnc(C3CC4CCC3N4)[nH]2)s1. The van der Waals surface area contributed by atoms with Crippen LogP contribution >= 0.6 is 27.3 Å². The van der Waals surface area contributed by atoms with Crippen molar-refractivity contribution < 1.29 is 0 Å². The molecule has 2 N–H and O–H groups in total. The number of hydrogen-bond donors (Lipinski definition) is 2. The van der Waals surface area contributed by atoms with Crippen LogP contribution in [0.4, 0.5) is 0 Å². The van der Waals surface area contributed by atoms with Crippen LogP contribution in [0.25, 0.3) is 10.6 Å². The highest BCUT2D eigenvalue weighted by molar-refractivity contribution is 9.11. The van der Waals surface area contributed by atoms with Gasteiger partial charge in [0, 0.05) is 18.0 Å². The molecule has 0 amide bonds. The monoisotopic (exact) mass is 323 g/mol. The van der Waals surface area contributed by atoms with Gasteiger partial charge < -0.3 is 10.3 Å². The minimum absolute atomic E-state index is 0.584. The number of fused-ring (bicyclic) bond motifs is 2. The predicted molar refractivity (Wildman–Crippen MR) is 76.9 cm³/mol. The van der Waals surface area contributed by atoms with Crippen molar-refractivity contribution in [2.24, 2.45) is 0 Å². The fourth-order valence-corrected chi connectivity index (χ4v) is 4.59. The summed E-state index contributed by atoms with van der Waals surface area (Å²) in [5.41, 5.74) is 1.14. The maximum Gasteiger partial charge on any atom is 0.111 e. The second-order valence-corrected chi connectivity index (χ2v) is 7.64. The Bertz CT molecular complexity index is 576. The van der Waals surface area contributed by atoms with E-state index in [0.717, 1.165) is 21.3 Å². The average molecular weight is 324 g/mol. The summed E-state index contributed by atoms with van der Waals surface area (Å²) in [6.07, 6.45) is 5.86. The third kappa shape index (κ3) is 1.76. The molecule has 4 rings (SSSR count). The van der Waals surface area contributed by atoms with Crippen molar-refractivity contribution in [1.82, 2.24) is 15.3 Å². The molecule has 2 aromatic heterocycles. The molecule has 3 unspecified atom stereocenters. The van der Waals surface area contributed by atoms with Gasteiger partial charge in [-0.2, -0.15) is 0 Å². The number of aromatic amines is 1. The fourth-order valence-electron chi connectivity index (χ4n) is 3.24. The topological polar surface area (TPSA) is 40.7 Å². The zero-order chi connectivity index (χ0) is 12.1. The molecule has 3 atom stereocenters. The molecular weight excluding hydrogens is 310 g/mol. The maximum atomic E-state index is 4.60. The van der Waals surface area contributed by atoms with Crippen LogP contribution in [0.2, 0.25) is 0 Å². The van der Waals surface area contributed by atoms with Crippen LogP contribution < -0.4 is 5.32 Å².